The van der Waals surface area contributed by atoms with Crippen molar-refractivity contribution in [2.75, 3.05) is 44.3 Å². The summed E-state index contributed by atoms with van der Waals surface area (Å²) in [5.41, 5.74) is 3.28. The van der Waals surface area contributed by atoms with Gasteiger partial charge in [-0.25, -0.2) is 8.42 Å². The van der Waals surface area contributed by atoms with E-state index in [9.17, 15) is 13.2 Å². The molecule has 0 bridgehead atoms. The highest BCUT2D eigenvalue weighted by Gasteiger charge is 2.23. The van der Waals surface area contributed by atoms with Crippen molar-refractivity contribution in [2.24, 2.45) is 0 Å². The maximum Gasteiger partial charge on any atom is 0.225 e. The van der Waals surface area contributed by atoms with Crippen LogP contribution >= 0.6 is 0 Å². The molecule has 1 aromatic carbocycles. The van der Waals surface area contributed by atoms with Gasteiger partial charge in [-0.15, -0.1) is 0 Å². The second-order valence-corrected chi connectivity index (χ2v) is 8.44. The van der Waals surface area contributed by atoms with Crippen LogP contribution in [0.4, 0.5) is 5.69 Å². The Labute approximate surface area is 151 Å². The van der Waals surface area contributed by atoms with Crippen molar-refractivity contribution in [3.8, 4) is 0 Å². The Bertz CT molecular complexity index is 673. The summed E-state index contributed by atoms with van der Waals surface area (Å²) in [5, 5.41) is 3.08. The maximum atomic E-state index is 12.4. The Morgan fingerprint density at radius 3 is 2.12 bits per heavy atom. The van der Waals surface area contributed by atoms with E-state index in [0.717, 1.165) is 29.7 Å². The molecule has 2 rings (SSSR count). The molecule has 140 valence electrons. The number of hydrogen-bond acceptors (Lipinski definition) is 4. The fraction of sp³-hybridized carbons (Fsp3) is 0.611. The molecule has 0 spiro atoms. The molecule has 1 heterocycles. The Morgan fingerprint density at radius 1 is 1.08 bits per heavy atom. The predicted octanol–water partition coefficient (Wildman–Crippen LogP) is 1.72. The molecule has 0 atom stereocenters. The largest absolute Gasteiger partial charge is 0.326 e. The third kappa shape index (κ3) is 5.52. The van der Waals surface area contributed by atoms with E-state index < -0.39 is 10.0 Å². The second-order valence-electron chi connectivity index (χ2n) is 6.46. The molecule has 0 saturated carbocycles. The smallest absolute Gasteiger partial charge is 0.225 e. The lowest BCUT2D eigenvalue weighted by Gasteiger charge is -2.33. The van der Waals surface area contributed by atoms with E-state index in [1.54, 1.807) is 0 Å². The Balaban J connectivity index is 1.86. The number of nitrogens with one attached hydrogen (secondary N) is 1. The first-order valence-corrected chi connectivity index (χ1v) is 10.8. The lowest BCUT2D eigenvalue weighted by Crippen LogP contribution is -2.48. The van der Waals surface area contributed by atoms with Gasteiger partial charge < -0.3 is 10.2 Å². The molecular weight excluding hydrogens is 338 g/mol. The number of piperazine rings is 1. The van der Waals surface area contributed by atoms with Crippen LogP contribution in [0.2, 0.25) is 0 Å². The molecule has 1 aliphatic heterocycles. The minimum Gasteiger partial charge on any atom is -0.326 e. The van der Waals surface area contributed by atoms with Crippen LogP contribution in [0.5, 0.6) is 0 Å². The van der Waals surface area contributed by atoms with Gasteiger partial charge in [0.05, 0.1) is 6.26 Å². The minimum absolute atomic E-state index is 0.0149. The molecule has 1 amide bonds. The first-order chi connectivity index (χ1) is 11.8. The topological polar surface area (TPSA) is 69.7 Å². The molecule has 1 N–H and O–H groups in total. The lowest BCUT2D eigenvalue weighted by molar-refractivity contribution is -0.116. The van der Waals surface area contributed by atoms with Gasteiger partial charge in [0.1, 0.15) is 0 Å². The summed E-state index contributed by atoms with van der Waals surface area (Å²) in [6.07, 6.45) is 3.43. The molecule has 0 radical (unpaired) electrons. The molecule has 0 aromatic heterocycles. The van der Waals surface area contributed by atoms with Crippen LogP contribution in [0.1, 0.15) is 31.4 Å². The molecule has 7 heteroatoms. The van der Waals surface area contributed by atoms with E-state index in [2.05, 4.69) is 36.2 Å². The van der Waals surface area contributed by atoms with Gasteiger partial charge in [-0.05, 0) is 24.0 Å². The molecule has 0 unspecified atom stereocenters. The SMILES string of the molecule is CCc1cccc(CC)c1NC(=O)CCN1CCN(S(C)(=O)=O)CC1. The molecule has 1 saturated heterocycles. The molecule has 0 aliphatic carbocycles. The molecule has 1 aliphatic rings. The Hall–Kier alpha value is -1.44. The highest BCUT2D eigenvalue weighted by Crippen LogP contribution is 2.22. The molecular formula is C18H29N3O3S. The molecule has 1 aromatic rings. The van der Waals surface area contributed by atoms with Crippen LogP contribution in [0, 0.1) is 0 Å². The molecule has 25 heavy (non-hydrogen) atoms. The highest BCUT2D eigenvalue weighted by atomic mass is 32.2. The van der Waals surface area contributed by atoms with E-state index in [0.29, 0.717) is 39.1 Å². The summed E-state index contributed by atoms with van der Waals surface area (Å²) in [7, 11) is -3.11. The van der Waals surface area contributed by atoms with Gasteiger partial charge in [0, 0.05) is 44.8 Å². The third-order valence-electron chi connectivity index (χ3n) is 4.72. The number of amides is 1. The average molecular weight is 368 g/mol. The Kier molecular flexibility index (Phi) is 6.98. The number of para-hydroxylation sites is 1. The first-order valence-electron chi connectivity index (χ1n) is 8.93. The van der Waals surface area contributed by atoms with Gasteiger partial charge in [0.2, 0.25) is 15.9 Å². The van der Waals surface area contributed by atoms with E-state index >= 15 is 0 Å². The number of sulfonamides is 1. The van der Waals surface area contributed by atoms with E-state index in [4.69, 9.17) is 0 Å². The highest BCUT2D eigenvalue weighted by molar-refractivity contribution is 7.88. The van der Waals surface area contributed by atoms with Gasteiger partial charge in [0.15, 0.2) is 0 Å². The monoisotopic (exact) mass is 367 g/mol. The van der Waals surface area contributed by atoms with Crippen LogP contribution in [0.15, 0.2) is 18.2 Å². The van der Waals surface area contributed by atoms with Gasteiger partial charge in [-0.2, -0.15) is 4.31 Å². The zero-order valence-corrected chi connectivity index (χ0v) is 16.2. The van der Waals surface area contributed by atoms with Crippen LogP contribution in [-0.2, 0) is 27.7 Å². The van der Waals surface area contributed by atoms with Gasteiger partial charge in [0.25, 0.3) is 0 Å². The summed E-state index contributed by atoms with van der Waals surface area (Å²) in [6, 6.07) is 6.15. The summed E-state index contributed by atoms with van der Waals surface area (Å²) >= 11 is 0. The Morgan fingerprint density at radius 2 is 1.64 bits per heavy atom. The number of benzene rings is 1. The van der Waals surface area contributed by atoms with Crippen LogP contribution in [0.3, 0.4) is 0 Å². The number of hydrogen-bond donors (Lipinski definition) is 1. The molecule has 1 fully saturated rings. The van der Waals surface area contributed by atoms with Crippen molar-refractivity contribution in [1.82, 2.24) is 9.21 Å². The standard InChI is InChI=1S/C18H29N3O3S/c1-4-15-7-6-8-16(5-2)18(15)19-17(22)9-10-20-11-13-21(14-12-20)25(3,23)24/h6-8H,4-5,9-14H2,1-3H3,(H,19,22). The number of aryl methyl sites for hydroxylation is 2. The normalized spacial score (nSPS) is 16.8. The summed E-state index contributed by atoms with van der Waals surface area (Å²) in [4.78, 5) is 14.5. The van der Waals surface area contributed by atoms with Crippen molar-refractivity contribution in [3.63, 3.8) is 0 Å². The van der Waals surface area contributed by atoms with Crippen molar-refractivity contribution < 1.29 is 13.2 Å². The van der Waals surface area contributed by atoms with Gasteiger partial charge in [-0.1, -0.05) is 32.0 Å². The maximum absolute atomic E-state index is 12.4. The van der Waals surface area contributed by atoms with Crippen molar-refractivity contribution in [2.45, 2.75) is 33.1 Å². The van der Waals surface area contributed by atoms with Crippen LogP contribution in [0.25, 0.3) is 0 Å². The van der Waals surface area contributed by atoms with Crippen molar-refractivity contribution in [1.29, 1.82) is 0 Å². The second kappa shape index (κ2) is 8.78. The quantitative estimate of drug-likeness (QED) is 0.797. The third-order valence-corrected chi connectivity index (χ3v) is 6.02. The predicted molar refractivity (Wildman–Crippen MR) is 101 cm³/mol. The number of nitrogens with zero attached hydrogens (tertiary/aromatic N) is 2. The van der Waals surface area contributed by atoms with Crippen molar-refractivity contribution >= 4 is 21.6 Å². The fourth-order valence-electron chi connectivity index (χ4n) is 3.15. The zero-order chi connectivity index (χ0) is 18.4. The van der Waals surface area contributed by atoms with Gasteiger partial charge in [-0.3, -0.25) is 4.79 Å². The summed E-state index contributed by atoms with van der Waals surface area (Å²) in [6.45, 7) is 7.17. The van der Waals surface area contributed by atoms with Crippen LogP contribution in [-0.4, -0.2) is 62.5 Å². The number of carbonyl (C=O) groups excluding carboxylic acids is 1. The lowest BCUT2D eigenvalue weighted by atomic mass is 10.0. The number of anilines is 1. The summed E-state index contributed by atoms with van der Waals surface area (Å²) in [5.74, 6) is 0.0149. The first kappa shape index (κ1) is 19.9. The van der Waals surface area contributed by atoms with Crippen LogP contribution < -0.4 is 5.32 Å². The van der Waals surface area contributed by atoms with E-state index in [-0.39, 0.29) is 5.91 Å². The van der Waals surface area contributed by atoms with Gasteiger partial charge >= 0.3 is 0 Å². The average Bonchev–Trinajstić information content (AvgIpc) is 2.59. The minimum atomic E-state index is -3.11. The van der Waals surface area contributed by atoms with E-state index in [1.807, 2.05) is 6.07 Å². The number of carbonyl (C=O) groups is 1. The van der Waals surface area contributed by atoms with E-state index in [1.165, 1.54) is 10.6 Å². The molecule has 6 nitrogen and oxygen atoms in total. The summed E-state index contributed by atoms with van der Waals surface area (Å²) < 4.78 is 24.5. The van der Waals surface area contributed by atoms with Crippen molar-refractivity contribution in [3.05, 3.63) is 29.3 Å². The fourth-order valence-corrected chi connectivity index (χ4v) is 3.98. The number of rotatable bonds is 7. The zero-order valence-electron chi connectivity index (χ0n) is 15.4.